The molecule has 3 aromatic rings. The van der Waals surface area contributed by atoms with Gasteiger partial charge in [-0.2, -0.15) is 4.98 Å². The van der Waals surface area contributed by atoms with Gasteiger partial charge in [0.15, 0.2) is 5.82 Å². The zero-order valence-corrected chi connectivity index (χ0v) is 14.7. The molecule has 0 spiro atoms. The molecule has 4 rings (SSSR count). The summed E-state index contributed by atoms with van der Waals surface area (Å²) in [5.74, 6) is 0.818. The Balaban J connectivity index is 1.50. The summed E-state index contributed by atoms with van der Waals surface area (Å²) >= 11 is 0. The number of aryl methyl sites for hydroxylation is 1. The number of hydrogen-bond acceptors (Lipinski definition) is 5. The van der Waals surface area contributed by atoms with E-state index in [2.05, 4.69) is 34.4 Å². The van der Waals surface area contributed by atoms with Crippen LogP contribution in [-0.2, 0) is 16.1 Å². The van der Waals surface area contributed by atoms with Gasteiger partial charge in [0.2, 0.25) is 5.91 Å². The van der Waals surface area contributed by atoms with Crippen LogP contribution in [0, 0.1) is 6.92 Å². The average molecular weight is 349 g/mol. The summed E-state index contributed by atoms with van der Waals surface area (Å²) < 4.78 is 10.5. The standard InChI is InChI=1S/C20H19N3O3/c1-13-21-18(26-22-13)11-25-12-19(24)23(2)20-16-9-5-3-7-14(16)15-8-4-6-10-17(15)20/h3-10,20H,11-12H2,1-2H3. The molecule has 0 aliphatic heterocycles. The highest BCUT2D eigenvalue weighted by molar-refractivity contribution is 5.83. The predicted octanol–water partition coefficient (Wildman–Crippen LogP) is 3.12. The molecule has 0 fully saturated rings. The van der Waals surface area contributed by atoms with Gasteiger partial charge in [0.1, 0.15) is 13.2 Å². The van der Waals surface area contributed by atoms with Crippen LogP contribution in [0.1, 0.15) is 28.9 Å². The zero-order valence-electron chi connectivity index (χ0n) is 14.7. The van der Waals surface area contributed by atoms with Crippen molar-refractivity contribution in [3.05, 3.63) is 71.4 Å². The molecule has 2 aromatic carbocycles. The molecular formula is C20H19N3O3. The molecule has 0 bridgehead atoms. The van der Waals surface area contributed by atoms with Gasteiger partial charge in [0, 0.05) is 7.05 Å². The second-order valence-corrected chi connectivity index (χ2v) is 6.31. The first-order valence-corrected chi connectivity index (χ1v) is 8.46. The van der Waals surface area contributed by atoms with Crippen LogP contribution in [0.2, 0.25) is 0 Å². The molecule has 1 amide bonds. The van der Waals surface area contributed by atoms with Crippen molar-refractivity contribution in [1.82, 2.24) is 15.0 Å². The number of carbonyl (C=O) groups excluding carboxylic acids is 1. The predicted molar refractivity (Wildman–Crippen MR) is 95.2 cm³/mol. The minimum atomic E-state index is -0.107. The van der Waals surface area contributed by atoms with Gasteiger partial charge in [0.05, 0.1) is 6.04 Å². The molecule has 0 atom stereocenters. The fourth-order valence-electron chi connectivity index (χ4n) is 3.42. The summed E-state index contributed by atoms with van der Waals surface area (Å²) in [6.07, 6.45) is 0. The number of hydrogen-bond donors (Lipinski definition) is 0. The van der Waals surface area contributed by atoms with Gasteiger partial charge in [-0.3, -0.25) is 4.79 Å². The van der Waals surface area contributed by atoms with Gasteiger partial charge in [0.25, 0.3) is 5.89 Å². The van der Waals surface area contributed by atoms with E-state index >= 15 is 0 Å². The maximum Gasteiger partial charge on any atom is 0.252 e. The number of benzene rings is 2. The van der Waals surface area contributed by atoms with Crippen LogP contribution < -0.4 is 0 Å². The minimum absolute atomic E-state index is 0.0429. The van der Waals surface area contributed by atoms with E-state index in [1.54, 1.807) is 11.8 Å². The van der Waals surface area contributed by atoms with Gasteiger partial charge in [-0.1, -0.05) is 53.7 Å². The van der Waals surface area contributed by atoms with E-state index in [4.69, 9.17) is 9.26 Å². The molecule has 0 N–H and O–H groups in total. The van der Waals surface area contributed by atoms with E-state index < -0.39 is 0 Å². The Kier molecular flexibility index (Phi) is 4.26. The van der Waals surface area contributed by atoms with Gasteiger partial charge in [-0.05, 0) is 29.2 Å². The monoisotopic (exact) mass is 349 g/mol. The maximum atomic E-state index is 12.7. The highest BCUT2D eigenvalue weighted by atomic mass is 16.5. The lowest BCUT2D eigenvalue weighted by molar-refractivity contribution is -0.137. The number of ether oxygens (including phenoxy) is 1. The van der Waals surface area contributed by atoms with E-state index in [1.807, 2.05) is 31.3 Å². The molecule has 0 radical (unpaired) electrons. The topological polar surface area (TPSA) is 68.5 Å². The molecule has 0 unspecified atom stereocenters. The SMILES string of the molecule is Cc1noc(COCC(=O)N(C)C2c3ccccc3-c3ccccc32)n1. The van der Waals surface area contributed by atoms with E-state index in [0.717, 1.165) is 11.1 Å². The Hall–Kier alpha value is -2.99. The number of fused-ring (bicyclic) bond motifs is 3. The fraction of sp³-hybridized carbons (Fsp3) is 0.250. The average Bonchev–Trinajstić information content (AvgIpc) is 3.22. The van der Waals surface area contributed by atoms with Gasteiger partial charge in [-0.15, -0.1) is 0 Å². The van der Waals surface area contributed by atoms with Gasteiger partial charge >= 0.3 is 0 Å². The lowest BCUT2D eigenvalue weighted by atomic mass is 10.0. The van der Waals surface area contributed by atoms with E-state index in [9.17, 15) is 4.79 Å². The zero-order chi connectivity index (χ0) is 18.1. The molecular weight excluding hydrogens is 330 g/mol. The van der Waals surface area contributed by atoms with Crippen LogP contribution in [0.25, 0.3) is 11.1 Å². The highest BCUT2D eigenvalue weighted by Gasteiger charge is 2.33. The number of rotatable bonds is 5. The lowest BCUT2D eigenvalue weighted by Crippen LogP contribution is -2.33. The summed E-state index contributed by atoms with van der Waals surface area (Å²) in [6, 6.07) is 16.3. The highest BCUT2D eigenvalue weighted by Crippen LogP contribution is 2.45. The Morgan fingerprint density at radius 2 is 1.73 bits per heavy atom. The van der Waals surface area contributed by atoms with Crippen molar-refractivity contribution in [2.24, 2.45) is 0 Å². The van der Waals surface area contributed by atoms with Crippen molar-refractivity contribution in [3.8, 4) is 11.1 Å². The third kappa shape index (κ3) is 2.88. The largest absolute Gasteiger partial charge is 0.362 e. The van der Waals surface area contributed by atoms with Crippen molar-refractivity contribution in [2.75, 3.05) is 13.7 Å². The quantitative estimate of drug-likeness (QED) is 0.708. The smallest absolute Gasteiger partial charge is 0.252 e. The Morgan fingerprint density at radius 3 is 2.31 bits per heavy atom. The second kappa shape index (κ2) is 6.72. The second-order valence-electron chi connectivity index (χ2n) is 6.31. The van der Waals surface area contributed by atoms with Crippen LogP contribution in [0.4, 0.5) is 0 Å². The van der Waals surface area contributed by atoms with Crippen molar-refractivity contribution in [1.29, 1.82) is 0 Å². The molecule has 1 aliphatic carbocycles. The van der Waals surface area contributed by atoms with Crippen molar-refractivity contribution in [2.45, 2.75) is 19.6 Å². The Labute approximate surface area is 151 Å². The minimum Gasteiger partial charge on any atom is -0.362 e. The number of likely N-dealkylation sites (N-methyl/N-ethyl adjacent to an activating group) is 1. The summed E-state index contributed by atoms with van der Waals surface area (Å²) in [5.41, 5.74) is 4.62. The molecule has 0 saturated heterocycles. The molecule has 1 aromatic heterocycles. The summed E-state index contributed by atoms with van der Waals surface area (Å²) in [4.78, 5) is 18.5. The Morgan fingerprint density at radius 1 is 1.12 bits per heavy atom. The number of amides is 1. The van der Waals surface area contributed by atoms with Crippen molar-refractivity contribution in [3.63, 3.8) is 0 Å². The van der Waals surface area contributed by atoms with Crippen molar-refractivity contribution >= 4 is 5.91 Å². The number of aromatic nitrogens is 2. The van der Waals surface area contributed by atoms with Gasteiger partial charge < -0.3 is 14.2 Å². The van der Waals surface area contributed by atoms with Crippen LogP contribution in [0.5, 0.6) is 0 Å². The molecule has 6 heteroatoms. The summed E-state index contributed by atoms with van der Waals surface area (Å²) in [7, 11) is 1.81. The van der Waals surface area contributed by atoms with Crippen LogP contribution in [0.3, 0.4) is 0 Å². The van der Waals surface area contributed by atoms with Crippen molar-refractivity contribution < 1.29 is 14.1 Å². The molecule has 1 aliphatic rings. The Bertz CT molecular complexity index is 905. The maximum absolute atomic E-state index is 12.7. The first kappa shape index (κ1) is 16.5. The third-order valence-corrected chi connectivity index (χ3v) is 4.60. The molecule has 132 valence electrons. The van der Waals surface area contributed by atoms with E-state index in [-0.39, 0.29) is 25.2 Å². The molecule has 6 nitrogen and oxygen atoms in total. The molecule has 26 heavy (non-hydrogen) atoms. The molecule has 0 saturated carbocycles. The fourth-order valence-corrected chi connectivity index (χ4v) is 3.42. The van der Waals surface area contributed by atoms with E-state index in [1.165, 1.54) is 11.1 Å². The van der Waals surface area contributed by atoms with Crippen LogP contribution in [0.15, 0.2) is 53.1 Å². The van der Waals surface area contributed by atoms with E-state index in [0.29, 0.717) is 11.7 Å². The molecule has 1 heterocycles. The normalized spacial score (nSPS) is 12.7. The first-order chi connectivity index (χ1) is 12.6. The summed E-state index contributed by atoms with van der Waals surface area (Å²) in [5, 5.41) is 3.70. The third-order valence-electron chi connectivity index (χ3n) is 4.60. The number of nitrogens with zero attached hydrogens (tertiary/aromatic N) is 3. The van der Waals surface area contributed by atoms with Gasteiger partial charge in [-0.25, -0.2) is 0 Å². The van der Waals surface area contributed by atoms with Crippen LogP contribution >= 0.6 is 0 Å². The number of carbonyl (C=O) groups is 1. The van der Waals surface area contributed by atoms with Crippen LogP contribution in [-0.4, -0.2) is 34.6 Å². The summed E-state index contributed by atoms with van der Waals surface area (Å²) in [6.45, 7) is 1.82. The lowest BCUT2D eigenvalue weighted by Gasteiger charge is -2.26. The first-order valence-electron chi connectivity index (χ1n) is 8.46.